The average Bonchev–Trinajstić information content (AvgIpc) is 2.48. The van der Waals surface area contributed by atoms with Crippen LogP contribution in [0.5, 0.6) is 17.2 Å². The number of aliphatic hydroxyl groups is 4. The summed E-state index contributed by atoms with van der Waals surface area (Å²) in [4.78, 5) is 10.00. The topological polar surface area (TPSA) is 181 Å². The minimum atomic E-state index is -3.45. The van der Waals surface area contributed by atoms with Gasteiger partial charge in [-0.25, -0.2) is 0 Å². The first-order chi connectivity index (χ1) is 11.1. The molecule has 1 aliphatic rings. The highest BCUT2D eigenvalue weighted by Crippen LogP contribution is 2.38. The van der Waals surface area contributed by atoms with Gasteiger partial charge in [-0.05, 0) is 0 Å². The van der Waals surface area contributed by atoms with Crippen molar-refractivity contribution in [2.75, 3.05) is 26.4 Å². The van der Waals surface area contributed by atoms with Gasteiger partial charge in [0.25, 0.3) is 0 Å². The largest absolute Gasteiger partial charge is 0.502 e. The van der Waals surface area contributed by atoms with Crippen LogP contribution in [0.25, 0.3) is 0 Å². The van der Waals surface area contributed by atoms with Crippen LogP contribution in [0.3, 0.4) is 0 Å². The highest BCUT2D eigenvalue weighted by atomic mass is 16.9. The number of phenols is 1. The molecule has 12 nitrogen and oxygen atoms in total. The van der Waals surface area contributed by atoms with Crippen LogP contribution in [0.1, 0.15) is 0 Å². The molecule has 1 aromatic rings. The number of nitro benzene ring substituents is 1. The van der Waals surface area contributed by atoms with E-state index in [4.69, 9.17) is 9.47 Å². The van der Waals surface area contributed by atoms with E-state index in [1.165, 1.54) is 0 Å². The Hall–Kier alpha value is -2.22. The minimum Gasteiger partial charge on any atom is -0.502 e. The fourth-order valence-corrected chi connectivity index (χ4v) is 1.77. The van der Waals surface area contributed by atoms with Gasteiger partial charge in [0.1, 0.15) is 13.2 Å². The molecule has 0 unspecified atom stereocenters. The molecule has 0 bridgehead atoms. The lowest BCUT2D eigenvalue weighted by Crippen LogP contribution is -2.58. The van der Waals surface area contributed by atoms with Crippen LogP contribution in [-0.2, 0) is 9.47 Å². The third kappa shape index (κ3) is 3.81. The molecule has 1 aromatic carbocycles. The van der Waals surface area contributed by atoms with E-state index in [0.717, 1.165) is 12.1 Å². The van der Waals surface area contributed by atoms with E-state index in [2.05, 4.69) is 9.47 Å². The molecule has 5 N–H and O–H groups in total. The molecule has 0 aliphatic carbocycles. The second kappa shape index (κ2) is 6.72. The lowest BCUT2D eigenvalue weighted by atomic mass is 10.2. The normalized spacial score (nSPS) is 20.5. The van der Waals surface area contributed by atoms with Gasteiger partial charge in [-0.3, -0.25) is 10.1 Å². The molecule has 1 aliphatic heterocycles. The van der Waals surface area contributed by atoms with Crippen LogP contribution in [0, 0.1) is 10.1 Å². The molecule has 0 saturated heterocycles. The molecular weight excluding hydrogens is 334 g/mol. The molecule has 0 spiro atoms. The molecule has 2 rings (SSSR count). The van der Waals surface area contributed by atoms with Crippen LogP contribution in [-0.4, -0.2) is 68.8 Å². The van der Waals surface area contributed by atoms with Gasteiger partial charge >= 0.3 is 17.6 Å². The van der Waals surface area contributed by atoms with E-state index >= 15 is 0 Å². The number of benzene rings is 1. The summed E-state index contributed by atoms with van der Waals surface area (Å²) in [5.74, 6) is -7.71. The maximum Gasteiger partial charge on any atom is 0.365 e. The molecule has 0 atom stereocenters. The van der Waals surface area contributed by atoms with Crippen LogP contribution < -0.4 is 9.47 Å². The predicted octanol–water partition coefficient (Wildman–Crippen LogP) is -1.62. The fraction of sp³-hybridized carbons (Fsp3) is 0.500. The summed E-state index contributed by atoms with van der Waals surface area (Å²) in [5, 5.41) is 58.1. The number of fused-ring (bicyclic) bond motifs is 1. The van der Waals surface area contributed by atoms with Crippen molar-refractivity contribution >= 4 is 5.69 Å². The van der Waals surface area contributed by atoms with Crippen LogP contribution in [0.15, 0.2) is 12.1 Å². The number of ether oxygens (including phenoxy) is 4. The molecule has 0 aromatic heterocycles. The lowest BCUT2D eigenvalue weighted by molar-refractivity contribution is -0.530. The third-order valence-corrected chi connectivity index (χ3v) is 2.95. The van der Waals surface area contributed by atoms with Gasteiger partial charge in [0.2, 0.25) is 0 Å². The summed E-state index contributed by atoms with van der Waals surface area (Å²) < 4.78 is 19.3. The molecular formula is C12H15NO11. The Bertz CT molecular complexity index is 615. The van der Waals surface area contributed by atoms with Gasteiger partial charge in [-0.2, -0.15) is 0 Å². The van der Waals surface area contributed by atoms with E-state index in [1.807, 2.05) is 0 Å². The smallest absolute Gasteiger partial charge is 0.365 e. The fourth-order valence-electron chi connectivity index (χ4n) is 1.77. The van der Waals surface area contributed by atoms with Crippen molar-refractivity contribution in [2.45, 2.75) is 11.9 Å². The number of rotatable bonds is 1. The Morgan fingerprint density at radius 2 is 1.38 bits per heavy atom. The second-order valence-corrected chi connectivity index (χ2v) is 4.66. The highest BCUT2D eigenvalue weighted by molar-refractivity contribution is 5.57. The zero-order valence-corrected chi connectivity index (χ0v) is 12.1. The molecule has 0 amide bonds. The molecule has 0 radical (unpaired) electrons. The van der Waals surface area contributed by atoms with Crippen molar-refractivity contribution in [3.63, 3.8) is 0 Å². The van der Waals surface area contributed by atoms with Crippen LogP contribution in [0.4, 0.5) is 5.69 Å². The number of nitrogens with zero attached hydrogens (tertiary/aromatic N) is 1. The molecule has 134 valence electrons. The van der Waals surface area contributed by atoms with Crippen molar-refractivity contribution in [3.8, 4) is 17.2 Å². The predicted molar refractivity (Wildman–Crippen MR) is 72.0 cm³/mol. The lowest BCUT2D eigenvalue weighted by Gasteiger charge is -2.33. The van der Waals surface area contributed by atoms with Crippen LogP contribution >= 0.6 is 0 Å². The average molecular weight is 349 g/mol. The van der Waals surface area contributed by atoms with Gasteiger partial charge in [-0.15, -0.1) is 0 Å². The van der Waals surface area contributed by atoms with E-state index in [9.17, 15) is 35.6 Å². The zero-order valence-electron chi connectivity index (χ0n) is 12.1. The molecule has 0 saturated carbocycles. The Balaban J connectivity index is 2.25. The maximum atomic E-state index is 10.8. The van der Waals surface area contributed by atoms with Crippen molar-refractivity contribution < 1.29 is 49.4 Å². The molecule has 1 heterocycles. The molecule has 24 heavy (non-hydrogen) atoms. The Morgan fingerprint density at radius 1 is 0.917 bits per heavy atom. The van der Waals surface area contributed by atoms with Crippen LogP contribution in [0.2, 0.25) is 0 Å². The van der Waals surface area contributed by atoms with Gasteiger partial charge in [0.15, 0.2) is 17.2 Å². The number of hydrogen-bond acceptors (Lipinski definition) is 11. The Kier molecular flexibility index (Phi) is 5.08. The number of nitro groups is 1. The third-order valence-electron chi connectivity index (χ3n) is 2.95. The first-order valence-electron chi connectivity index (χ1n) is 6.58. The first-order valence-corrected chi connectivity index (χ1v) is 6.58. The number of phenolic OH excluding ortho intramolecular Hbond substituents is 1. The summed E-state index contributed by atoms with van der Waals surface area (Å²) in [6.45, 7) is -1.78. The summed E-state index contributed by atoms with van der Waals surface area (Å²) in [6.07, 6.45) is 0. The van der Waals surface area contributed by atoms with Crippen molar-refractivity contribution in [1.82, 2.24) is 0 Å². The second-order valence-electron chi connectivity index (χ2n) is 4.66. The van der Waals surface area contributed by atoms with Gasteiger partial charge in [-0.1, -0.05) is 0 Å². The first kappa shape index (κ1) is 18.1. The SMILES string of the molecule is O=[N+]([O-])c1cc2c(cc1O)OCCOC(O)(O)C(O)(O)OCCO2. The summed E-state index contributed by atoms with van der Waals surface area (Å²) >= 11 is 0. The quantitative estimate of drug-likeness (QED) is 0.223. The number of aromatic hydroxyl groups is 1. The maximum absolute atomic E-state index is 10.8. The van der Waals surface area contributed by atoms with Gasteiger partial charge in [0.05, 0.1) is 24.2 Å². The monoisotopic (exact) mass is 349 g/mol. The van der Waals surface area contributed by atoms with E-state index in [1.54, 1.807) is 0 Å². The van der Waals surface area contributed by atoms with Crippen molar-refractivity contribution in [1.29, 1.82) is 0 Å². The zero-order chi connectivity index (χ0) is 18.0. The van der Waals surface area contributed by atoms with E-state index < -0.39 is 41.5 Å². The Morgan fingerprint density at radius 3 is 1.83 bits per heavy atom. The Labute approximate surface area is 134 Å². The summed E-state index contributed by atoms with van der Waals surface area (Å²) in [5.41, 5.74) is -0.620. The van der Waals surface area contributed by atoms with Crippen molar-refractivity contribution in [3.05, 3.63) is 22.2 Å². The molecule has 12 heteroatoms. The summed E-state index contributed by atoms with van der Waals surface area (Å²) in [6, 6.07) is 1.87. The number of hydrogen-bond donors (Lipinski definition) is 5. The van der Waals surface area contributed by atoms with Crippen molar-refractivity contribution in [2.24, 2.45) is 0 Å². The minimum absolute atomic E-state index is 0.0667. The van der Waals surface area contributed by atoms with Gasteiger partial charge < -0.3 is 44.5 Å². The van der Waals surface area contributed by atoms with E-state index in [-0.39, 0.29) is 24.7 Å². The van der Waals surface area contributed by atoms with Gasteiger partial charge in [0, 0.05) is 6.07 Å². The highest BCUT2D eigenvalue weighted by Gasteiger charge is 2.51. The standard InChI is InChI=1S/C12H15NO11/c14-8-6-10-9(5-7(8)13(19)20)21-1-3-23-11(15,16)12(17,18)24-4-2-22-10/h5-6,14-18H,1-4H2. The summed E-state index contributed by atoms with van der Waals surface area (Å²) in [7, 11) is 0. The van der Waals surface area contributed by atoms with E-state index in [0.29, 0.717) is 0 Å². The molecule has 0 fully saturated rings.